The summed E-state index contributed by atoms with van der Waals surface area (Å²) in [4.78, 5) is 27.6. The lowest BCUT2D eigenvalue weighted by atomic mass is 9.88. The minimum absolute atomic E-state index is 0.0652. The van der Waals surface area contributed by atoms with E-state index in [0.717, 1.165) is 55.3 Å². The van der Waals surface area contributed by atoms with Gasteiger partial charge in [0.05, 0.1) is 6.04 Å². The lowest BCUT2D eigenvalue weighted by Crippen LogP contribution is -2.48. The number of hydrogen-bond donors (Lipinski definition) is 1. The molecule has 0 spiro atoms. The van der Waals surface area contributed by atoms with Crippen molar-refractivity contribution in [3.63, 3.8) is 0 Å². The molecule has 2 atom stereocenters. The maximum absolute atomic E-state index is 12.9. The normalized spacial score (nSPS) is 22.1. The van der Waals surface area contributed by atoms with Crippen molar-refractivity contribution in [1.29, 1.82) is 0 Å². The molecule has 27 heavy (non-hydrogen) atoms. The first-order valence-corrected chi connectivity index (χ1v) is 10.2. The van der Waals surface area contributed by atoms with Crippen molar-refractivity contribution in [2.24, 2.45) is 5.92 Å². The van der Waals surface area contributed by atoms with Crippen LogP contribution in [0, 0.1) is 5.92 Å². The van der Waals surface area contributed by atoms with Crippen molar-refractivity contribution >= 4 is 22.8 Å². The molecule has 1 aromatic heterocycles. The number of rotatable bonds is 4. The van der Waals surface area contributed by atoms with Crippen LogP contribution in [-0.4, -0.2) is 29.3 Å². The monoisotopic (exact) mass is 368 g/mol. The van der Waals surface area contributed by atoms with Gasteiger partial charge in [-0.3, -0.25) is 9.59 Å². The highest BCUT2D eigenvalue weighted by Crippen LogP contribution is 2.29. The van der Waals surface area contributed by atoms with Crippen LogP contribution in [-0.2, 0) is 9.59 Å². The van der Waals surface area contributed by atoms with E-state index in [0.29, 0.717) is 6.54 Å². The molecule has 5 heteroatoms. The molecule has 144 valence electrons. The predicted octanol–water partition coefficient (Wildman–Crippen LogP) is 4.18. The lowest BCUT2D eigenvalue weighted by Gasteiger charge is -2.30. The summed E-state index contributed by atoms with van der Waals surface area (Å²) in [6, 6.07) is 9.24. The standard InChI is InChI=1S/C22H28N2O3/c1-15(20-14-17-10-5-6-12-19(17)27-20)23-21(25)18-11-7-13-24(18)22(26)16-8-3-2-4-9-16/h5-6,10,12,14-16,18H,2-4,7-9,11,13H2,1H3,(H,23,25). The highest BCUT2D eigenvalue weighted by Gasteiger charge is 2.37. The maximum Gasteiger partial charge on any atom is 0.243 e. The van der Waals surface area contributed by atoms with Gasteiger partial charge in [0.25, 0.3) is 0 Å². The second-order valence-electron chi connectivity index (χ2n) is 7.94. The molecule has 2 amide bonds. The van der Waals surface area contributed by atoms with Crippen LogP contribution in [0.2, 0.25) is 0 Å². The molecule has 2 heterocycles. The van der Waals surface area contributed by atoms with Crippen molar-refractivity contribution in [1.82, 2.24) is 10.2 Å². The van der Waals surface area contributed by atoms with Gasteiger partial charge in [-0.25, -0.2) is 0 Å². The third kappa shape index (κ3) is 3.73. The molecule has 1 aliphatic carbocycles. The van der Waals surface area contributed by atoms with Crippen LogP contribution in [0.25, 0.3) is 11.0 Å². The summed E-state index contributed by atoms with van der Waals surface area (Å²) in [6.45, 7) is 2.63. The third-order valence-electron chi connectivity index (χ3n) is 6.02. The molecule has 2 unspecified atom stereocenters. The number of likely N-dealkylation sites (tertiary alicyclic amines) is 1. The Morgan fingerprint density at radius 1 is 1.11 bits per heavy atom. The van der Waals surface area contributed by atoms with Crippen LogP contribution >= 0.6 is 0 Å². The van der Waals surface area contributed by atoms with Gasteiger partial charge in [-0.2, -0.15) is 0 Å². The second kappa shape index (κ2) is 7.75. The van der Waals surface area contributed by atoms with Gasteiger partial charge < -0.3 is 14.6 Å². The van der Waals surface area contributed by atoms with Crippen molar-refractivity contribution in [2.45, 2.75) is 64.0 Å². The molecule has 5 nitrogen and oxygen atoms in total. The summed E-state index contributed by atoms with van der Waals surface area (Å²) in [5.41, 5.74) is 0.823. The molecule has 1 aromatic carbocycles. The highest BCUT2D eigenvalue weighted by atomic mass is 16.3. The summed E-state index contributed by atoms with van der Waals surface area (Å²) in [5.74, 6) is 0.973. The smallest absolute Gasteiger partial charge is 0.243 e. The van der Waals surface area contributed by atoms with Gasteiger partial charge in [-0.15, -0.1) is 0 Å². The number of furan rings is 1. The first-order chi connectivity index (χ1) is 13.1. The quantitative estimate of drug-likeness (QED) is 0.880. The van der Waals surface area contributed by atoms with Gasteiger partial charge in [-0.05, 0) is 44.7 Å². The Balaban J connectivity index is 1.42. The van der Waals surface area contributed by atoms with Gasteiger partial charge in [0.15, 0.2) is 0 Å². The molecule has 2 fully saturated rings. The fraction of sp³-hybridized carbons (Fsp3) is 0.545. The number of carbonyl (C=O) groups is 2. The predicted molar refractivity (Wildman–Crippen MR) is 104 cm³/mol. The summed E-state index contributed by atoms with van der Waals surface area (Å²) in [5, 5.41) is 4.09. The van der Waals surface area contributed by atoms with E-state index in [4.69, 9.17) is 4.42 Å². The fourth-order valence-corrected chi connectivity index (χ4v) is 4.48. The summed E-state index contributed by atoms with van der Waals surface area (Å²) >= 11 is 0. The zero-order valence-corrected chi connectivity index (χ0v) is 15.9. The maximum atomic E-state index is 12.9. The molecule has 2 aliphatic rings. The van der Waals surface area contributed by atoms with E-state index in [-0.39, 0.29) is 29.8 Å². The Kier molecular flexibility index (Phi) is 5.19. The van der Waals surface area contributed by atoms with Crippen molar-refractivity contribution < 1.29 is 14.0 Å². The largest absolute Gasteiger partial charge is 0.459 e. The van der Waals surface area contributed by atoms with E-state index < -0.39 is 0 Å². The number of carbonyl (C=O) groups excluding carboxylic acids is 2. The zero-order chi connectivity index (χ0) is 18.8. The zero-order valence-electron chi connectivity index (χ0n) is 15.9. The number of para-hydroxylation sites is 1. The highest BCUT2D eigenvalue weighted by molar-refractivity contribution is 5.89. The topological polar surface area (TPSA) is 62.6 Å². The number of fused-ring (bicyclic) bond motifs is 1. The SMILES string of the molecule is CC(NC(=O)C1CCCN1C(=O)C1CCCCC1)c1cc2ccccc2o1. The summed E-state index contributed by atoms with van der Waals surface area (Å²) in [7, 11) is 0. The molecule has 4 rings (SSSR count). The minimum atomic E-state index is -0.341. The molecule has 1 N–H and O–H groups in total. The van der Waals surface area contributed by atoms with E-state index >= 15 is 0 Å². The van der Waals surface area contributed by atoms with Crippen molar-refractivity contribution in [3.05, 3.63) is 36.1 Å². The number of nitrogens with zero attached hydrogens (tertiary/aromatic N) is 1. The number of hydrogen-bond acceptors (Lipinski definition) is 3. The van der Waals surface area contributed by atoms with Crippen LogP contribution in [0.15, 0.2) is 34.7 Å². The third-order valence-corrected chi connectivity index (χ3v) is 6.02. The Morgan fingerprint density at radius 2 is 1.89 bits per heavy atom. The Bertz CT molecular complexity index is 789. The summed E-state index contributed by atoms with van der Waals surface area (Å²) < 4.78 is 5.87. The molecule has 0 bridgehead atoms. The van der Waals surface area contributed by atoms with Crippen molar-refractivity contribution in [3.8, 4) is 0 Å². The summed E-state index contributed by atoms with van der Waals surface area (Å²) in [6.07, 6.45) is 7.07. The average molecular weight is 368 g/mol. The minimum Gasteiger partial charge on any atom is -0.459 e. The molecule has 1 aliphatic heterocycles. The first kappa shape index (κ1) is 18.1. The fourth-order valence-electron chi connectivity index (χ4n) is 4.48. The van der Waals surface area contributed by atoms with Crippen LogP contribution in [0.4, 0.5) is 0 Å². The van der Waals surface area contributed by atoms with Crippen LogP contribution in [0.5, 0.6) is 0 Å². The molecule has 1 saturated heterocycles. The van der Waals surface area contributed by atoms with E-state index in [2.05, 4.69) is 5.32 Å². The lowest BCUT2D eigenvalue weighted by molar-refractivity contribution is -0.142. The van der Waals surface area contributed by atoms with Gasteiger partial charge in [0.2, 0.25) is 11.8 Å². The molecular formula is C22H28N2O3. The first-order valence-electron chi connectivity index (χ1n) is 10.2. The van der Waals surface area contributed by atoms with E-state index in [9.17, 15) is 9.59 Å². The van der Waals surface area contributed by atoms with Crippen LogP contribution in [0.1, 0.15) is 63.7 Å². The number of amides is 2. The van der Waals surface area contributed by atoms with E-state index in [1.54, 1.807) is 0 Å². The van der Waals surface area contributed by atoms with Crippen LogP contribution < -0.4 is 5.32 Å². The van der Waals surface area contributed by atoms with E-state index in [1.807, 2.05) is 42.2 Å². The van der Waals surface area contributed by atoms with E-state index in [1.165, 1.54) is 6.42 Å². The van der Waals surface area contributed by atoms with Crippen LogP contribution in [0.3, 0.4) is 0 Å². The Labute approximate surface area is 160 Å². The molecular weight excluding hydrogens is 340 g/mol. The van der Waals surface area contributed by atoms with Gasteiger partial charge in [0, 0.05) is 17.8 Å². The number of nitrogens with one attached hydrogen (secondary N) is 1. The van der Waals surface area contributed by atoms with Crippen molar-refractivity contribution in [2.75, 3.05) is 6.54 Å². The molecule has 1 saturated carbocycles. The van der Waals surface area contributed by atoms with Gasteiger partial charge in [0.1, 0.15) is 17.4 Å². The van der Waals surface area contributed by atoms with Gasteiger partial charge in [-0.1, -0.05) is 37.5 Å². The Morgan fingerprint density at radius 3 is 2.67 bits per heavy atom. The average Bonchev–Trinajstić information content (AvgIpc) is 3.35. The van der Waals surface area contributed by atoms with Gasteiger partial charge >= 0.3 is 0 Å². The Hall–Kier alpha value is -2.30. The molecule has 0 radical (unpaired) electrons. The second-order valence-corrected chi connectivity index (χ2v) is 7.94. The molecule has 2 aromatic rings. The number of benzene rings is 1.